The van der Waals surface area contributed by atoms with Gasteiger partial charge in [-0.15, -0.1) is 0 Å². The van der Waals surface area contributed by atoms with Crippen LogP contribution in [0.5, 0.6) is 0 Å². The van der Waals surface area contributed by atoms with Gasteiger partial charge in [0, 0.05) is 31.7 Å². The molecule has 1 N–H and O–H groups in total. The lowest BCUT2D eigenvalue weighted by atomic mass is 10.2. The van der Waals surface area contributed by atoms with Crippen LogP contribution in [0.2, 0.25) is 0 Å². The van der Waals surface area contributed by atoms with Crippen molar-refractivity contribution in [2.45, 2.75) is 32.8 Å². The first-order valence-electron chi connectivity index (χ1n) is 8.95. The van der Waals surface area contributed by atoms with Gasteiger partial charge < -0.3 is 19.9 Å². The molecule has 27 heavy (non-hydrogen) atoms. The van der Waals surface area contributed by atoms with E-state index in [-0.39, 0.29) is 18.4 Å². The smallest absolute Gasteiger partial charge is 0.408 e. The van der Waals surface area contributed by atoms with E-state index in [1.807, 2.05) is 0 Å². The molecular formula is C19H26FN3O4. The van der Waals surface area contributed by atoms with Crippen molar-refractivity contribution in [1.82, 2.24) is 15.1 Å². The topological polar surface area (TPSA) is 79.0 Å². The van der Waals surface area contributed by atoms with Gasteiger partial charge in [-0.05, 0) is 51.5 Å². The van der Waals surface area contributed by atoms with E-state index in [2.05, 4.69) is 5.32 Å². The highest BCUT2D eigenvalue weighted by atomic mass is 19.1. The number of nitrogens with zero attached hydrogens (tertiary/aromatic N) is 2. The molecule has 0 unspecified atom stereocenters. The van der Waals surface area contributed by atoms with Crippen molar-refractivity contribution in [1.29, 1.82) is 0 Å². The van der Waals surface area contributed by atoms with Crippen LogP contribution in [0.15, 0.2) is 24.3 Å². The summed E-state index contributed by atoms with van der Waals surface area (Å²) in [5.41, 5.74) is -0.209. The predicted octanol–water partition coefficient (Wildman–Crippen LogP) is 2.02. The lowest BCUT2D eigenvalue weighted by Crippen LogP contribution is -2.43. The Labute approximate surface area is 158 Å². The van der Waals surface area contributed by atoms with Crippen LogP contribution in [0.4, 0.5) is 9.18 Å². The van der Waals surface area contributed by atoms with Crippen LogP contribution < -0.4 is 5.32 Å². The quantitative estimate of drug-likeness (QED) is 0.872. The highest BCUT2D eigenvalue weighted by Crippen LogP contribution is 2.11. The largest absolute Gasteiger partial charge is 0.444 e. The van der Waals surface area contributed by atoms with Gasteiger partial charge >= 0.3 is 6.09 Å². The summed E-state index contributed by atoms with van der Waals surface area (Å²) in [5.74, 6) is -0.801. The summed E-state index contributed by atoms with van der Waals surface area (Å²) in [6, 6.07) is 5.42. The second kappa shape index (κ2) is 8.83. The van der Waals surface area contributed by atoms with Crippen molar-refractivity contribution in [2.24, 2.45) is 0 Å². The summed E-state index contributed by atoms with van der Waals surface area (Å²) in [6.45, 7) is 6.86. The molecule has 1 saturated heterocycles. The summed E-state index contributed by atoms with van der Waals surface area (Å²) in [4.78, 5) is 39.8. The van der Waals surface area contributed by atoms with Crippen molar-refractivity contribution < 1.29 is 23.5 Å². The second-order valence-corrected chi connectivity index (χ2v) is 7.39. The molecule has 8 heteroatoms. The van der Waals surface area contributed by atoms with E-state index in [9.17, 15) is 18.8 Å². The normalized spacial score (nSPS) is 15.1. The average Bonchev–Trinajstić information content (AvgIpc) is 2.84. The van der Waals surface area contributed by atoms with Gasteiger partial charge in [-0.1, -0.05) is 0 Å². The van der Waals surface area contributed by atoms with Crippen molar-refractivity contribution in [3.8, 4) is 0 Å². The zero-order valence-corrected chi connectivity index (χ0v) is 16.0. The molecule has 0 radical (unpaired) electrons. The molecule has 1 aromatic rings. The fourth-order valence-corrected chi connectivity index (χ4v) is 2.72. The van der Waals surface area contributed by atoms with Crippen LogP contribution in [0.1, 0.15) is 37.6 Å². The van der Waals surface area contributed by atoms with Crippen LogP contribution in [-0.4, -0.2) is 66.0 Å². The highest BCUT2D eigenvalue weighted by molar-refractivity contribution is 5.94. The zero-order chi connectivity index (χ0) is 20.0. The summed E-state index contributed by atoms with van der Waals surface area (Å²) in [5, 5.41) is 2.45. The lowest BCUT2D eigenvalue weighted by Gasteiger charge is -2.23. The van der Waals surface area contributed by atoms with E-state index in [1.54, 1.807) is 30.6 Å². The van der Waals surface area contributed by atoms with Crippen LogP contribution in [0.25, 0.3) is 0 Å². The zero-order valence-electron chi connectivity index (χ0n) is 16.0. The van der Waals surface area contributed by atoms with Crippen LogP contribution in [0.3, 0.4) is 0 Å². The third kappa shape index (κ3) is 6.54. The van der Waals surface area contributed by atoms with Gasteiger partial charge in [0.25, 0.3) is 5.91 Å². The summed E-state index contributed by atoms with van der Waals surface area (Å²) < 4.78 is 18.1. The average molecular weight is 379 g/mol. The molecule has 7 nitrogen and oxygen atoms in total. The Hall–Kier alpha value is -2.64. The van der Waals surface area contributed by atoms with Gasteiger partial charge in [0.15, 0.2) is 0 Å². The maximum atomic E-state index is 13.0. The fraction of sp³-hybridized carbons (Fsp3) is 0.526. The number of carbonyl (C=O) groups is 3. The minimum Gasteiger partial charge on any atom is -0.444 e. The molecule has 0 atom stereocenters. The third-order valence-electron chi connectivity index (χ3n) is 4.01. The standard InChI is InChI=1S/C19H26FN3O4/c1-19(2,3)27-18(26)21-13-16(24)22-9-4-10-23(12-11-22)17(25)14-5-7-15(20)8-6-14/h5-8H,4,9-13H2,1-3H3,(H,21,26). The Kier molecular flexibility index (Phi) is 6.76. The van der Waals surface area contributed by atoms with Crippen molar-refractivity contribution in [2.75, 3.05) is 32.7 Å². The van der Waals surface area contributed by atoms with E-state index >= 15 is 0 Å². The number of halogens is 1. The van der Waals surface area contributed by atoms with Crippen LogP contribution in [-0.2, 0) is 9.53 Å². The Bertz CT molecular complexity index is 685. The molecule has 1 aliphatic rings. The highest BCUT2D eigenvalue weighted by Gasteiger charge is 2.23. The molecule has 1 fully saturated rings. The van der Waals surface area contributed by atoms with Gasteiger partial charge in [-0.3, -0.25) is 9.59 Å². The number of benzene rings is 1. The Morgan fingerprint density at radius 3 is 2.26 bits per heavy atom. The molecule has 1 aliphatic heterocycles. The first-order chi connectivity index (χ1) is 12.7. The Balaban J connectivity index is 1.84. The van der Waals surface area contributed by atoms with Gasteiger partial charge in [0.05, 0.1) is 0 Å². The van der Waals surface area contributed by atoms with E-state index in [0.717, 1.165) is 0 Å². The lowest BCUT2D eigenvalue weighted by molar-refractivity contribution is -0.130. The first-order valence-corrected chi connectivity index (χ1v) is 8.95. The van der Waals surface area contributed by atoms with E-state index in [1.165, 1.54) is 24.3 Å². The SMILES string of the molecule is CC(C)(C)OC(=O)NCC(=O)N1CCCN(C(=O)c2ccc(F)cc2)CC1. The number of nitrogens with one attached hydrogen (secondary N) is 1. The molecule has 0 bridgehead atoms. The van der Waals surface area contributed by atoms with E-state index in [4.69, 9.17) is 4.74 Å². The molecule has 0 aliphatic carbocycles. The molecule has 0 aromatic heterocycles. The minimum absolute atomic E-state index is 0.152. The molecule has 2 rings (SSSR count). The Morgan fingerprint density at radius 2 is 1.63 bits per heavy atom. The number of ether oxygens (including phenoxy) is 1. The Morgan fingerprint density at radius 1 is 1.04 bits per heavy atom. The number of hydrogen-bond donors (Lipinski definition) is 1. The van der Waals surface area contributed by atoms with E-state index < -0.39 is 17.5 Å². The molecule has 3 amide bonds. The van der Waals surface area contributed by atoms with Crippen molar-refractivity contribution >= 4 is 17.9 Å². The van der Waals surface area contributed by atoms with Gasteiger partial charge in [-0.25, -0.2) is 9.18 Å². The summed E-state index contributed by atoms with van der Waals surface area (Å²) in [6.07, 6.45) is -0.00994. The molecular weight excluding hydrogens is 353 g/mol. The van der Waals surface area contributed by atoms with E-state index in [0.29, 0.717) is 38.2 Å². The van der Waals surface area contributed by atoms with Crippen LogP contribution >= 0.6 is 0 Å². The van der Waals surface area contributed by atoms with Gasteiger partial charge in [-0.2, -0.15) is 0 Å². The number of amides is 3. The monoisotopic (exact) mass is 379 g/mol. The number of alkyl carbamates (subject to hydrolysis) is 1. The van der Waals surface area contributed by atoms with Gasteiger partial charge in [0.2, 0.25) is 5.91 Å². The molecule has 148 valence electrons. The van der Waals surface area contributed by atoms with Gasteiger partial charge in [0.1, 0.15) is 18.0 Å². The van der Waals surface area contributed by atoms with Crippen molar-refractivity contribution in [3.05, 3.63) is 35.6 Å². The third-order valence-corrected chi connectivity index (χ3v) is 4.01. The van der Waals surface area contributed by atoms with Crippen LogP contribution in [0, 0.1) is 5.82 Å². The second-order valence-electron chi connectivity index (χ2n) is 7.39. The minimum atomic E-state index is -0.640. The fourth-order valence-electron chi connectivity index (χ4n) is 2.72. The number of carbonyl (C=O) groups excluding carboxylic acids is 3. The first kappa shape index (κ1) is 20.7. The maximum absolute atomic E-state index is 13.0. The molecule has 1 aromatic carbocycles. The predicted molar refractivity (Wildman–Crippen MR) is 97.7 cm³/mol. The summed E-state index contributed by atoms with van der Waals surface area (Å²) in [7, 11) is 0. The molecule has 1 heterocycles. The molecule has 0 spiro atoms. The summed E-state index contributed by atoms with van der Waals surface area (Å²) >= 11 is 0. The molecule has 0 saturated carbocycles. The number of rotatable bonds is 3. The maximum Gasteiger partial charge on any atom is 0.408 e. The number of hydrogen-bond acceptors (Lipinski definition) is 4. The van der Waals surface area contributed by atoms with Crippen molar-refractivity contribution in [3.63, 3.8) is 0 Å².